The Kier molecular flexibility index (Phi) is 8.79. The molecule has 1 heterocycles. The van der Waals surface area contributed by atoms with Gasteiger partial charge in [0.1, 0.15) is 5.60 Å². The molecule has 9 nitrogen and oxygen atoms in total. The van der Waals surface area contributed by atoms with Crippen LogP contribution < -0.4 is 10.1 Å². The number of Topliss-reactive ketones (excluding diaryl/α,β-unsaturated/α-hetero) is 1. The predicted molar refractivity (Wildman–Crippen MR) is 118 cm³/mol. The first-order valence-corrected chi connectivity index (χ1v) is 10.7. The van der Waals surface area contributed by atoms with Crippen LogP contribution in [-0.2, 0) is 14.3 Å². The van der Waals surface area contributed by atoms with E-state index in [9.17, 15) is 23.9 Å². The van der Waals surface area contributed by atoms with Crippen molar-refractivity contribution in [3.63, 3.8) is 0 Å². The van der Waals surface area contributed by atoms with E-state index in [1.807, 2.05) is 0 Å². The van der Waals surface area contributed by atoms with Crippen molar-refractivity contribution >= 4 is 17.8 Å². The highest BCUT2D eigenvalue weighted by molar-refractivity contribution is 5.99. The molecule has 1 saturated heterocycles. The highest BCUT2D eigenvalue weighted by atomic mass is 19.1. The molecule has 1 fully saturated rings. The Morgan fingerprint density at radius 3 is 2.48 bits per heavy atom. The van der Waals surface area contributed by atoms with Crippen LogP contribution in [-0.4, -0.2) is 79.0 Å². The number of carbonyl (C=O) groups excluding carboxylic acids is 3. The van der Waals surface area contributed by atoms with E-state index in [0.717, 1.165) is 6.07 Å². The standard InChI is InChI=1S/C23H33FN2O7/c1-13(21(29)25-11-18(28)14-7-8-19(31-5)16(24)9-14)20(32-6)17-10-15(27)12-26(17)22(30)33-23(2,3)4/h7-9,13,15,17,20,27H,10-12H2,1-6H3,(H,25,29)/t13-,15+,17+,20-/m1/s1. The number of likely N-dealkylation sites (tertiary alicyclic amines) is 1. The average Bonchev–Trinajstić information content (AvgIpc) is 3.12. The number of carbonyl (C=O) groups is 3. The third-order valence-corrected chi connectivity index (χ3v) is 5.40. The number of ketones is 1. The number of benzene rings is 1. The van der Waals surface area contributed by atoms with E-state index < -0.39 is 53.4 Å². The monoisotopic (exact) mass is 468 g/mol. The van der Waals surface area contributed by atoms with Gasteiger partial charge in [0.2, 0.25) is 5.91 Å². The number of methoxy groups -OCH3 is 2. The molecule has 0 unspecified atom stereocenters. The summed E-state index contributed by atoms with van der Waals surface area (Å²) in [6.45, 7) is 6.55. The maximum absolute atomic E-state index is 13.9. The molecule has 184 valence electrons. The Labute approximate surface area is 193 Å². The molecule has 1 aromatic carbocycles. The minimum atomic E-state index is -0.776. The van der Waals surface area contributed by atoms with Gasteiger partial charge in [0, 0.05) is 12.7 Å². The summed E-state index contributed by atoms with van der Waals surface area (Å²) in [6.07, 6.45) is -1.90. The summed E-state index contributed by atoms with van der Waals surface area (Å²) in [5, 5.41) is 12.7. The fraction of sp³-hybridized carbons (Fsp3) is 0.609. The number of ether oxygens (including phenoxy) is 3. The fourth-order valence-corrected chi connectivity index (χ4v) is 3.80. The van der Waals surface area contributed by atoms with Crippen molar-refractivity contribution in [2.75, 3.05) is 27.3 Å². The summed E-state index contributed by atoms with van der Waals surface area (Å²) in [6, 6.07) is 3.21. The van der Waals surface area contributed by atoms with E-state index in [4.69, 9.17) is 14.2 Å². The van der Waals surface area contributed by atoms with Crippen LogP contribution >= 0.6 is 0 Å². The molecule has 10 heteroatoms. The van der Waals surface area contributed by atoms with E-state index in [2.05, 4.69) is 5.32 Å². The first-order chi connectivity index (χ1) is 15.4. The minimum Gasteiger partial charge on any atom is -0.494 e. The van der Waals surface area contributed by atoms with E-state index >= 15 is 0 Å². The number of nitrogens with zero attached hydrogens (tertiary/aromatic N) is 1. The highest BCUT2D eigenvalue weighted by Crippen LogP contribution is 2.28. The number of hydrogen-bond acceptors (Lipinski definition) is 7. The number of halogens is 1. The molecule has 1 aromatic rings. The number of aliphatic hydroxyl groups excluding tert-OH is 1. The fourth-order valence-electron chi connectivity index (χ4n) is 3.80. The van der Waals surface area contributed by atoms with Crippen LogP contribution in [0.2, 0.25) is 0 Å². The zero-order chi connectivity index (χ0) is 24.9. The van der Waals surface area contributed by atoms with Gasteiger partial charge < -0.3 is 24.6 Å². The lowest BCUT2D eigenvalue weighted by molar-refractivity contribution is -0.130. The summed E-state index contributed by atoms with van der Waals surface area (Å²) >= 11 is 0. The van der Waals surface area contributed by atoms with Crippen molar-refractivity contribution in [2.45, 2.75) is 58.0 Å². The molecule has 4 atom stereocenters. The number of aliphatic hydroxyl groups is 1. The van der Waals surface area contributed by atoms with E-state index in [-0.39, 0.29) is 30.8 Å². The maximum atomic E-state index is 13.9. The largest absolute Gasteiger partial charge is 0.494 e. The molecule has 2 N–H and O–H groups in total. The predicted octanol–water partition coefficient (Wildman–Crippen LogP) is 2.15. The molecule has 2 amide bonds. The second kappa shape index (κ2) is 10.9. The Balaban J connectivity index is 2.05. The van der Waals surface area contributed by atoms with Crippen LogP contribution in [0.4, 0.5) is 9.18 Å². The van der Waals surface area contributed by atoms with Gasteiger partial charge in [0.25, 0.3) is 0 Å². The zero-order valence-corrected chi connectivity index (χ0v) is 19.9. The molecule has 2 rings (SSSR count). The van der Waals surface area contributed by atoms with Gasteiger partial charge in [-0.05, 0) is 45.4 Å². The van der Waals surface area contributed by atoms with Crippen LogP contribution in [0.5, 0.6) is 5.75 Å². The van der Waals surface area contributed by atoms with Crippen LogP contribution in [0, 0.1) is 11.7 Å². The lowest BCUT2D eigenvalue weighted by Gasteiger charge is -2.34. The van der Waals surface area contributed by atoms with Crippen molar-refractivity contribution < 1.29 is 38.1 Å². The first-order valence-electron chi connectivity index (χ1n) is 10.7. The van der Waals surface area contributed by atoms with Crippen LogP contribution in [0.25, 0.3) is 0 Å². The zero-order valence-electron chi connectivity index (χ0n) is 19.9. The smallest absolute Gasteiger partial charge is 0.410 e. The van der Waals surface area contributed by atoms with Gasteiger partial charge in [0.15, 0.2) is 17.3 Å². The van der Waals surface area contributed by atoms with Crippen LogP contribution in [0.3, 0.4) is 0 Å². The van der Waals surface area contributed by atoms with Crippen molar-refractivity contribution in [1.29, 1.82) is 0 Å². The number of rotatable bonds is 8. The van der Waals surface area contributed by atoms with E-state index in [0.29, 0.717) is 0 Å². The third-order valence-electron chi connectivity index (χ3n) is 5.40. The van der Waals surface area contributed by atoms with Crippen molar-refractivity contribution in [2.24, 2.45) is 5.92 Å². The van der Waals surface area contributed by atoms with Crippen molar-refractivity contribution in [3.05, 3.63) is 29.6 Å². The molecule has 0 radical (unpaired) electrons. The number of amides is 2. The van der Waals surface area contributed by atoms with Gasteiger partial charge in [-0.1, -0.05) is 6.92 Å². The minimum absolute atomic E-state index is 0.0143. The molecule has 0 aromatic heterocycles. The average molecular weight is 469 g/mol. The van der Waals surface area contributed by atoms with Gasteiger partial charge in [-0.3, -0.25) is 14.5 Å². The summed E-state index contributed by atoms with van der Waals surface area (Å²) < 4.78 is 29.7. The quantitative estimate of drug-likeness (QED) is 0.562. The van der Waals surface area contributed by atoms with Crippen LogP contribution in [0.15, 0.2) is 18.2 Å². The normalized spacial score (nSPS) is 20.2. The Morgan fingerprint density at radius 1 is 1.27 bits per heavy atom. The van der Waals surface area contributed by atoms with Gasteiger partial charge in [0.05, 0.1) is 44.4 Å². The number of β-amino-alcohol motifs (C(OH)–C–C–N with tert-alkyl or cyclic N) is 1. The summed E-state index contributed by atoms with van der Waals surface area (Å²) in [5.41, 5.74) is -0.623. The third kappa shape index (κ3) is 6.88. The van der Waals surface area contributed by atoms with Gasteiger partial charge in [-0.15, -0.1) is 0 Å². The van der Waals surface area contributed by atoms with Crippen molar-refractivity contribution in [3.8, 4) is 5.75 Å². The second-order valence-corrected chi connectivity index (χ2v) is 9.07. The molecule has 1 aliphatic rings. The van der Waals surface area contributed by atoms with E-state index in [1.54, 1.807) is 27.7 Å². The summed E-state index contributed by atoms with van der Waals surface area (Å²) in [7, 11) is 2.73. The molecule has 33 heavy (non-hydrogen) atoms. The number of hydrogen-bond donors (Lipinski definition) is 2. The molecule has 1 aliphatic heterocycles. The van der Waals surface area contributed by atoms with Gasteiger partial charge >= 0.3 is 6.09 Å². The molecule has 0 aliphatic carbocycles. The Morgan fingerprint density at radius 2 is 1.94 bits per heavy atom. The number of nitrogens with one attached hydrogen (secondary N) is 1. The second-order valence-electron chi connectivity index (χ2n) is 9.07. The molecule has 0 spiro atoms. The van der Waals surface area contributed by atoms with E-state index in [1.165, 1.54) is 31.3 Å². The van der Waals surface area contributed by atoms with Gasteiger partial charge in [-0.2, -0.15) is 0 Å². The topological polar surface area (TPSA) is 114 Å². The SMILES string of the molecule is COc1ccc(C(=O)CNC(=O)[C@H](C)[C@@H](OC)[C@@H]2C[C@H](O)CN2C(=O)OC(C)(C)C)cc1F. The summed E-state index contributed by atoms with van der Waals surface area (Å²) in [5.74, 6) is -2.37. The van der Waals surface area contributed by atoms with Crippen molar-refractivity contribution in [1.82, 2.24) is 10.2 Å². The van der Waals surface area contributed by atoms with Gasteiger partial charge in [-0.25, -0.2) is 9.18 Å². The molecule has 0 bridgehead atoms. The molecular formula is C23H33FN2O7. The lowest BCUT2D eigenvalue weighted by atomic mass is 9.94. The first kappa shape index (κ1) is 26.5. The van der Waals surface area contributed by atoms with Crippen LogP contribution in [0.1, 0.15) is 44.5 Å². The maximum Gasteiger partial charge on any atom is 0.410 e. The highest BCUT2D eigenvalue weighted by Gasteiger charge is 2.44. The molecular weight excluding hydrogens is 435 g/mol. The lowest BCUT2D eigenvalue weighted by Crippen LogP contribution is -2.51. The summed E-state index contributed by atoms with van der Waals surface area (Å²) in [4.78, 5) is 39.1. The Hall–Kier alpha value is -2.72. The Bertz CT molecular complexity index is 871. The molecule has 0 saturated carbocycles.